The molecule has 1 aliphatic heterocycles. The van der Waals surface area contributed by atoms with Crippen molar-refractivity contribution in [2.24, 2.45) is 4.99 Å². The van der Waals surface area contributed by atoms with Crippen LogP contribution in [0.1, 0.15) is 31.1 Å². The van der Waals surface area contributed by atoms with Crippen molar-refractivity contribution >= 4 is 5.96 Å². The van der Waals surface area contributed by atoms with Crippen LogP contribution in [0.25, 0.3) is 0 Å². The highest BCUT2D eigenvalue weighted by molar-refractivity contribution is 5.79. The number of rotatable bonds is 9. The SMILES string of the molecule is CN=C(NCCCN(C)CC(F)(F)F)NCC(c1ccco1)N1CCCC1. The van der Waals surface area contributed by atoms with E-state index in [0.717, 1.165) is 18.8 Å². The van der Waals surface area contributed by atoms with Crippen LogP contribution >= 0.6 is 0 Å². The molecule has 9 heteroatoms. The van der Waals surface area contributed by atoms with Gasteiger partial charge in [0.2, 0.25) is 0 Å². The van der Waals surface area contributed by atoms with E-state index in [4.69, 9.17) is 4.42 Å². The molecule has 0 spiro atoms. The van der Waals surface area contributed by atoms with E-state index in [9.17, 15) is 13.2 Å². The third-order valence-electron chi connectivity index (χ3n) is 4.60. The van der Waals surface area contributed by atoms with Crippen molar-refractivity contribution in [2.45, 2.75) is 31.5 Å². The predicted molar refractivity (Wildman–Crippen MR) is 99.8 cm³/mol. The van der Waals surface area contributed by atoms with E-state index < -0.39 is 12.7 Å². The quantitative estimate of drug-likeness (QED) is 0.386. The van der Waals surface area contributed by atoms with Crippen molar-refractivity contribution in [3.05, 3.63) is 24.2 Å². The molecule has 1 aliphatic rings. The number of hydrogen-bond acceptors (Lipinski definition) is 4. The minimum absolute atomic E-state index is 0.138. The molecule has 1 aromatic rings. The lowest BCUT2D eigenvalue weighted by Crippen LogP contribution is -2.43. The van der Waals surface area contributed by atoms with E-state index in [2.05, 4.69) is 20.5 Å². The molecule has 27 heavy (non-hydrogen) atoms. The number of nitrogens with zero attached hydrogens (tertiary/aromatic N) is 3. The van der Waals surface area contributed by atoms with E-state index in [1.807, 2.05) is 12.1 Å². The largest absolute Gasteiger partial charge is 0.468 e. The number of aliphatic imine (C=N–C) groups is 1. The van der Waals surface area contributed by atoms with Crippen molar-refractivity contribution in [3.8, 4) is 0 Å². The number of hydrogen-bond donors (Lipinski definition) is 2. The Labute approximate surface area is 158 Å². The molecule has 0 radical (unpaired) electrons. The van der Waals surface area contributed by atoms with E-state index in [-0.39, 0.29) is 6.04 Å². The standard InChI is InChI=1S/C18H30F3N5O/c1-22-17(23-8-6-9-25(2)14-18(19,20)21)24-13-15(16-7-5-12-27-16)26-10-3-4-11-26/h5,7,12,15H,3-4,6,8-11,13-14H2,1-2H3,(H2,22,23,24). The summed E-state index contributed by atoms with van der Waals surface area (Å²) in [5.41, 5.74) is 0. The molecule has 1 atom stereocenters. The molecule has 0 amide bonds. The van der Waals surface area contributed by atoms with Crippen molar-refractivity contribution in [1.82, 2.24) is 20.4 Å². The summed E-state index contributed by atoms with van der Waals surface area (Å²) in [6, 6.07) is 4.01. The topological polar surface area (TPSA) is 56.0 Å². The Morgan fingerprint density at radius 3 is 2.67 bits per heavy atom. The van der Waals surface area contributed by atoms with Gasteiger partial charge in [-0.3, -0.25) is 14.8 Å². The second-order valence-corrected chi connectivity index (χ2v) is 6.86. The Kier molecular flexibility index (Phi) is 8.43. The maximum Gasteiger partial charge on any atom is 0.401 e. The molecule has 2 heterocycles. The van der Waals surface area contributed by atoms with Gasteiger partial charge in [-0.25, -0.2) is 0 Å². The molecule has 0 aliphatic carbocycles. The van der Waals surface area contributed by atoms with Gasteiger partial charge < -0.3 is 15.1 Å². The van der Waals surface area contributed by atoms with Crippen LogP contribution < -0.4 is 10.6 Å². The summed E-state index contributed by atoms with van der Waals surface area (Å²) in [4.78, 5) is 7.87. The molecule has 0 saturated carbocycles. The van der Waals surface area contributed by atoms with E-state index >= 15 is 0 Å². The van der Waals surface area contributed by atoms with Gasteiger partial charge in [0, 0.05) is 20.1 Å². The van der Waals surface area contributed by atoms with Gasteiger partial charge in [-0.05, 0) is 58.1 Å². The van der Waals surface area contributed by atoms with Crippen LogP contribution in [0.15, 0.2) is 27.8 Å². The summed E-state index contributed by atoms with van der Waals surface area (Å²) < 4.78 is 42.6. The Morgan fingerprint density at radius 2 is 2.07 bits per heavy atom. The number of alkyl halides is 3. The molecule has 2 N–H and O–H groups in total. The highest BCUT2D eigenvalue weighted by atomic mass is 19.4. The molecule has 1 saturated heterocycles. The van der Waals surface area contributed by atoms with Gasteiger partial charge in [-0.15, -0.1) is 0 Å². The maximum absolute atomic E-state index is 12.3. The van der Waals surface area contributed by atoms with Crippen LogP contribution in [-0.2, 0) is 0 Å². The Morgan fingerprint density at radius 1 is 1.33 bits per heavy atom. The fourth-order valence-corrected chi connectivity index (χ4v) is 3.30. The fourth-order valence-electron chi connectivity index (χ4n) is 3.30. The first-order valence-electron chi connectivity index (χ1n) is 9.36. The zero-order valence-corrected chi connectivity index (χ0v) is 16.1. The lowest BCUT2D eigenvalue weighted by atomic mass is 10.2. The van der Waals surface area contributed by atoms with Gasteiger partial charge in [0.25, 0.3) is 0 Å². The Bertz CT molecular complexity index is 556. The predicted octanol–water partition coefficient (Wildman–Crippen LogP) is 2.47. The number of likely N-dealkylation sites (tertiary alicyclic amines) is 1. The summed E-state index contributed by atoms with van der Waals surface area (Å²) in [5, 5.41) is 6.47. The van der Waals surface area contributed by atoms with E-state index in [0.29, 0.717) is 32.0 Å². The van der Waals surface area contributed by atoms with Crippen molar-refractivity contribution in [2.75, 3.05) is 53.4 Å². The first kappa shape index (κ1) is 21.6. The second kappa shape index (κ2) is 10.6. The summed E-state index contributed by atoms with van der Waals surface area (Å²) in [7, 11) is 3.16. The minimum Gasteiger partial charge on any atom is -0.468 e. The third kappa shape index (κ3) is 7.80. The minimum atomic E-state index is -4.16. The van der Waals surface area contributed by atoms with Crippen molar-refractivity contribution in [3.63, 3.8) is 0 Å². The Balaban J connectivity index is 1.73. The number of halogens is 3. The third-order valence-corrected chi connectivity index (χ3v) is 4.60. The van der Waals surface area contributed by atoms with Crippen LogP contribution in [0.3, 0.4) is 0 Å². The highest BCUT2D eigenvalue weighted by Crippen LogP contribution is 2.24. The van der Waals surface area contributed by atoms with Crippen LogP contribution in [0.4, 0.5) is 13.2 Å². The smallest absolute Gasteiger partial charge is 0.401 e. The first-order chi connectivity index (χ1) is 12.9. The molecule has 0 aromatic carbocycles. The number of furan rings is 1. The van der Waals surface area contributed by atoms with Crippen LogP contribution in [0.2, 0.25) is 0 Å². The zero-order chi connectivity index (χ0) is 19.7. The van der Waals surface area contributed by atoms with Crippen LogP contribution in [0, 0.1) is 0 Å². The number of guanidine groups is 1. The fraction of sp³-hybridized carbons (Fsp3) is 0.722. The van der Waals surface area contributed by atoms with E-state index in [1.54, 1.807) is 13.3 Å². The normalized spacial score (nSPS) is 17.5. The monoisotopic (exact) mass is 389 g/mol. The number of nitrogens with one attached hydrogen (secondary N) is 2. The van der Waals surface area contributed by atoms with Gasteiger partial charge in [-0.2, -0.15) is 13.2 Å². The average molecular weight is 389 g/mol. The summed E-state index contributed by atoms with van der Waals surface area (Å²) in [6.45, 7) is 2.78. The van der Waals surface area contributed by atoms with Crippen molar-refractivity contribution < 1.29 is 17.6 Å². The summed E-state index contributed by atoms with van der Waals surface area (Å²) >= 11 is 0. The maximum atomic E-state index is 12.3. The van der Waals surface area contributed by atoms with Gasteiger partial charge in [0.05, 0.1) is 18.8 Å². The van der Waals surface area contributed by atoms with Gasteiger partial charge >= 0.3 is 6.18 Å². The zero-order valence-electron chi connectivity index (χ0n) is 16.1. The summed E-state index contributed by atoms with van der Waals surface area (Å²) in [5.74, 6) is 1.57. The second-order valence-electron chi connectivity index (χ2n) is 6.86. The van der Waals surface area contributed by atoms with Gasteiger partial charge in [-0.1, -0.05) is 0 Å². The van der Waals surface area contributed by atoms with Crippen LogP contribution in [0.5, 0.6) is 0 Å². The lowest BCUT2D eigenvalue weighted by Gasteiger charge is -2.26. The average Bonchev–Trinajstić information content (AvgIpc) is 3.29. The molecular formula is C18H30F3N5O. The van der Waals surface area contributed by atoms with Crippen molar-refractivity contribution in [1.29, 1.82) is 0 Å². The summed E-state index contributed by atoms with van der Waals surface area (Å²) in [6.07, 6.45) is 0.505. The Hall–Kier alpha value is -1.74. The first-order valence-corrected chi connectivity index (χ1v) is 9.36. The molecule has 1 aromatic heterocycles. The van der Waals surface area contributed by atoms with E-state index in [1.165, 1.54) is 24.8 Å². The molecule has 1 unspecified atom stereocenters. The molecule has 1 fully saturated rings. The highest BCUT2D eigenvalue weighted by Gasteiger charge is 2.29. The van der Waals surface area contributed by atoms with Gasteiger partial charge in [0.1, 0.15) is 5.76 Å². The van der Waals surface area contributed by atoms with Crippen LogP contribution in [-0.4, -0.2) is 75.3 Å². The molecule has 2 rings (SSSR count). The molecule has 6 nitrogen and oxygen atoms in total. The molecule has 0 bridgehead atoms. The van der Waals surface area contributed by atoms with Gasteiger partial charge in [0.15, 0.2) is 5.96 Å². The molecule has 154 valence electrons. The molecular weight excluding hydrogens is 359 g/mol. The lowest BCUT2D eigenvalue weighted by molar-refractivity contribution is -0.143.